The zero-order chi connectivity index (χ0) is 16.2. The predicted octanol–water partition coefficient (Wildman–Crippen LogP) is 3.01. The molecular formula is C19H25NO3. The number of rotatable bonds is 7. The third kappa shape index (κ3) is 4.12. The van der Waals surface area contributed by atoms with E-state index >= 15 is 0 Å². The summed E-state index contributed by atoms with van der Waals surface area (Å²) in [5.74, 6) is 0.687. The van der Waals surface area contributed by atoms with E-state index in [1.807, 2.05) is 30.3 Å². The van der Waals surface area contributed by atoms with Gasteiger partial charge in [0, 0.05) is 18.4 Å². The van der Waals surface area contributed by atoms with E-state index in [2.05, 4.69) is 5.32 Å². The molecule has 0 bridgehead atoms. The largest absolute Gasteiger partial charge is 0.481 e. The zero-order valence-corrected chi connectivity index (χ0v) is 13.4. The summed E-state index contributed by atoms with van der Waals surface area (Å²) < 4.78 is 0. The number of amides is 1. The summed E-state index contributed by atoms with van der Waals surface area (Å²) in [6.45, 7) is 0. The van der Waals surface area contributed by atoms with Crippen molar-refractivity contribution in [2.24, 2.45) is 17.8 Å². The van der Waals surface area contributed by atoms with Crippen LogP contribution in [-0.4, -0.2) is 23.0 Å². The molecule has 0 heterocycles. The van der Waals surface area contributed by atoms with E-state index in [0.29, 0.717) is 24.7 Å². The number of carboxylic acid groups (broad SMARTS) is 1. The van der Waals surface area contributed by atoms with Crippen LogP contribution < -0.4 is 5.32 Å². The molecule has 4 heteroatoms. The lowest BCUT2D eigenvalue weighted by Gasteiger charge is -2.18. The van der Waals surface area contributed by atoms with Crippen LogP contribution in [0.4, 0.5) is 0 Å². The van der Waals surface area contributed by atoms with Crippen LogP contribution in [0.2, 0.25) is 0 Å². The molecule has 124 valence electrons. The Labute approximate surface area is 137 Å². The second kappa shape index (κ2) is 7.16. The van der Waals surface area contributed by atoms with Crippen molar-refractivity contribution in [3.8, 4) is 0 Å². The molecule has 0 radical (unpaired) electrons. The van der Waals surface area contributed by atoms with Crippen molar-refractivity contribution in [1.29, 1.82) is 0 Å². The van der Waals surface area contributed by atoms with E-state index in [-0.39, 0.29) is 24.3 Å². The van der Waals surface area contributed by atoms with Crippen LogP contribution in [-0.2, 0) is 16.0 Å². The molecule has 3 atom stereocenters. The van der Waals surface area contributed by atoms with Crippen molar-refractivity contribution in [3.63, 3.8) is 0 Å². The van der Waals surface area contributed by atoms with Crippen molar-refractivity contribution < 1.29 is 14.7 Å². The van der Waals surface area contributed by atoms with E-state index in [4.69, 9.17) is 5.11 Å². The van der Waals surface area contributed by atoms with E-state index < -0.39 is 5.97 Å². The van der Waals surface area contributed by atoms with Gasteiger partial charge in [0.05, 0.1) is 0 Å². The lowest BCUT2D eigenvalue weighted by atomic mass is 10.0. The first-order valence-electron chi connectivity index (χ1n) is 8.71. The van der Waals surface area contributed by atoms with Crippen LogP contribution >= 0.6 is 0 Å². The minimum atomic E-state index is -0.808. The topological polar surface area (TPSA) is 66.4 Å². The summed E-state index contributed by atoms with van der Waals surface area (Å²) in [5, 5.41) is 12.1. The highest BCUT2D eigenvalue weighted by molar-refractivity contribution is 5.82. The van der Waals surface area contributed by atoms with Crippen LogP contribution in [0.15, 0.2) is 30.3 Å². The summed E-state index contributed by atoms with van der Waals surface area (Å²) in [5.41, 5.74) is 1.14. The Bertz CT molecular complexity index is 545. The van der Waals surface area contributed by atoms with Gasteiger partial charge in [-0.05, 0) is 43.1 Å². The van der Waals surface area contributed by atoms with Gasteiger partial charge in [0.1, 0.15) is 0 Å². The standard InChI is InChI=1S/C19H25NO3/c21-17(22)11-10-14(12-13-6-2-1-3-7-13)20-19(23)18-15-8-4-5-9-16(15)18/h1-3,6-7,14-16,18H,4-5,8-12H2,(H,20,23)(H,21,22). The lowest BCUT2D eigenvalue weighted by Crippen LogP contribution is -2.38. The highest BCUT2D eigenvalue weighted by Crippen LogP contribution is 2.55. The molecule has 3 unspecified atom stereocenters. The van der Waals surface area contributed by atoms with Crippen LogP contribution in [0.1, 0.15) is 44.1 Å². The highest BCUT2D eigenvalue weighted by atomic mass is 16.4. The Kier molecular flexibility index (Phi) is 4.99. The zero-order valence-electron chi connectivity index (χ0n) is 13.4. The van der Waals surface area contributed by atoms with Crippen molar-refractivity contribution in [3.05, 3.63) is 35.9 Å². The van der Waals surface area contributed by atoms with E-state index in [1.54, 1.807) is 0 Å². The number of nitrogens with one attached hydrogen (secondary N) is 1. The lowest BCUT2D eigenvalue weighted by molar-refractivity contribution is -0.137. The molecule has 1 aromatic carbocycles. The molecule has 3 rings (SSSR count). The van der Waals surface area contributed by atoms with Gasteiger partial charge < -0.3 is 10.4 Å². The monoisotopic (exact) mass is 315 g/mol. The highest BCUT2D eigenvalue weighted by Gasteiger charge is 2.54. The molecule has 0 saturated heterocycles. The molecule has 1 amide bonds. The van der Waals surface area contributed by atoms with Gasteiger partial charge in [0.2, 0.25) is 5.91 Å². The normalized spacial score (nSPS) is 26.9. The Morgan fingerprint density at radius 3 is 2.39 bits per heavy atom. The van der Waals surface area contributed by atoms with Crippen molar-refractivity contribution in [2.45, 2.75) is 51.0 Å². The molecule has 2 fully saturated rings. The number of aliphatic carboxylic acids is 1. The average molecular weight is 315 g/mol. The molecule has 0 aromatic heterocycles. The Morgan fingerprint density at radius 2 is 1.78 bits per heavy atom. The Morgan fingerprint density at radius 1 is 1.13 bits per heavy atom. The number of carbonyl (C=O) groups excluding carboxylic acids is 1. The van der Waals surface area contributed by atoms with Crippen LogP contribution in [0, 0.1) is 17.8 Å². The third-order valence-electron chi connectivity index (χ3n) is 5.34. The quantitative estimate of drug-likeness (QED) is 0.813. The molecular weight excluding hydrogens is 290 g/mol. The van der Waals surface area contributed by atoms with Crippen molar-refractivity contribution >= 4 is 11.9 Å². The van der Waals surface area contributed by atoms with Gasteiger partial charge in [-0.1, -0.05) is 43.2 Å². The minimum absolute atomic E-state index is 0.0926. The van der Waals surface area contributed by atoms with Gasteiger partial charge in [-0.15, -0.1) is 0 Å². The molecule has 0 aliphatic heterocycles. The maximum atomic E-state index is 12.6. The number of hydrogen-bond donors (Lipinski definition) is 2. The smallest absolute Gasteiger partial charge is 0.303 e. The third-order valence-corrected chi connectivity index (χ3v) is 5.34. The van der Waals surface area contributed by atoms with Crippen LogP contribution in [0.3, 0.4) is 0 Å². The van der Waals surface area contributed by atoms with Crippen LogP contribution in [0.5, 0.6) is 0 Å². The maximum Gasteiger partial charge on any atom is 0.303 e. The maximum absolute atomic E-state index is 12.6. The summed E-state index contributed by atoms with van der Waals surface area (Å²) in [7, 11) is 0. The molecule has 2 saturated carbocycles. The number of carbonyl (C=O) groups is 2. The van der Waals surface area contributed by atoms with Gasteiger partial charge in [-0.3, -0.25) is 9.59 Å². The van der Waals surface area contributed by atoms with Gasteiger partial charge in [-0.25, -0.2) is 0 Å². The molecule has 1 aromatic rings. The van der Waals surface area contributed by atoms with Crippen molar-refractivity contribution in [1.82, 2.24) is 5.32 Å². The van der Waals surface area contributed by atoms with Gasteiger partial charge in [0.15, 0.2) is 0 Å². The predicted molar refractivity (Wildman–Crippen MR) is 87.9 cm³/mol. The van der Waals surface area contributed by atoms with E-state index in [1.165, 1.54) is 25.7 Å². The fourth-order valence-corrected chi connectivity index (χ4v) is 4.10. The molecule has 4 nitrogen and oxygen atoms in total. The average Bonchev–Trinajstić information content (AvgIpc) is 3.28. The van der Waals surface area contributed by atoms with Gasteiger partial charge in [0.25, 0.3) is 0 Å². The number of fused-ring (bicyclic) bond motifs is 1. The molecule has 2 N–H and O–H groups in total. The summed E-state index contributed by atoms with van der Waals surface area (Å²) >= 11 is 0. The summed E-state index contributed by atoms with van der Waals surface area (Å²) in [6.07, 6.45) is 6.13. The summed E-state index contributed by atoms with van der Waals surface area (Å²) in [6, 6.07) is 9.86. The molecule has 0 spiro atoms. The molecule has 23 heavy (non-hydrogen) atoms. The number of benzene rings is 1. The second-order valence-corrected chi connectivity index (χ2v) is 6.97. The first-order valence-corrected chi connectivity index (χ1v) is 8.71. The second-order valence-electron chi connectivity index (χ2n) is 6.97. The van der Waals surface area contributed by atoms with Crippen molar-refractivity contribution in [2.75, 3.05) is 0 Å². The number of carboxylic acids is 1. The van der Waals surface area contributed by atoms with E-state index in [9.17, 15) is 9.59 Å². The van der Waals surface area contributed by atoms with E-state index in [0.717, 1.165) is 5.56 Å². The Hall–Kier alpha value is -1.84. The molecule has 2 aliphatic rings. The van der Waals surface area contributed by atoms with Gasteiger partial charge >= 0.3 is 5.97 Å². The first kappa shape index (κ1) is 16.0. The SMILES string of the molecule is O=C(O)CCC(Cc1ccccc1)NC(=O)C1C2CCCCC21. The first-order chi connectivity index (χ1) is 11.1. The van der Waals surface area contributed by atoms with Gasteiger partial charge in [-0.2, -0.15) is 0 Å². The number of hydrogen-bond acceptors (Lipinski definition) is 2. The minimum Gasteiger partial charge on any atom is -0.481 e. The fourth-order valence-electron chi connectivity index (χ4n) is 4.10. The Balaban J connectivity index is 1.58. The fraction of sp³-hybridized carbons (Fsp3) is 0.579. The van der Waals surface area contributed by atoms with Crippen LogP contribution in [0.25, 0.3) is 0 Å². The molecule has 2 aliphatic carbocycles. The summed E-state index contributed by atoms with van der Waals surface area (Å²) in [4.78, 5) is 23.4.